The van der Waals surface area contributed by atoms with Crippen molar-refractivity contribution in [3.63, 3.8) is 0 Å². The molecule has 4 heteroatoms. The van der Waals surface area contributed by atoms with Crippen molar-refractivity contribution >= 4 is 62.4 Å². The van der Waals surface area contributed by atoms with E-state index in [1.165, 1.54) is 16.2 Å². The molecular weight excluding hydrogens is 437 g/mol. The fourth-order valence-corrected chi connectivity index (χ4v) is 5.79. The van der Waals surface area contributed by atoms with Gasteiger partial charge >= 0.3 is 8.16 Å². The molecule has 1 aromatic heterocycles. The van der Waals surface area contributed by atoms with Gasteiger partial charge < -0.3 is 8.39 Å². The van der Waals surface area contributed by atoms with Gasteiger partial charge in [-0.05, 0) is 61.6 Å². The maximum absolute atomic E-state index is 6.34. The maximum Gasteiger partial charge on any atom is 0.303 e. The highest BCUT2D eigenvalue weighted by Gasteiger charge is 2.15. The summed E-state index contributed by atoms with van der Waals surface area (Å²) in [6.07, 6.45) is 0. The van der Waals surface area contributed by atoms with Crippen molar-refractivity contribution in [1.82, 2.24) is 0 Å². The monoisotopic (exact) mass is 457 g/mol. The Balaban J connectivity index is 1.70. The van der Waals surface area contributed by atoms with Crippen LogP contribution in [-0.2, 0) is 0 Å². The summed E-state index contributed by atoms with van der Waals surface area (Å²) in [5.41, 5.74) is 10.1. The van der Waals surface area contributed by atoms with Crippen molar-refractivity contribution in [1.29, 1.82) is 0 Å². The Morgan fingerprint density at radius 2 is 1.12 bits per heavy atom. The molecule has 0 aliphatic rings. The van der Waals surface area contributed by atoms with Crippen LogP contribution in [0.4, 0.5) is 0 Å². The molecule has 34 heavy (non-hydrogen) atoms. The first-order valence-electron chi connectivity index (χ1n) is 11.2. The van der Waals surface area contributed by atoms with E-state index in [9.17, 15) is 0 Å². The van der Waals surface area contributed by atoms with Gasteiger partial charge in [-0.1, -0.05) is 91.0 Å². The summed E-state index contributed by atoms with van der Waals surface area (Å²) in [6, 6.07) is 38.1. The smallest absolute Gasteiger partial charge is 0.303 e. The fourth-order valence-electron chi connectivity index (χ4n) is 5.07. The first kappa shape index (κ1) is 19.4. The normalized spacial score (nSPS) is 12.2. The number of fused-ring (bicyclic) bond motifs is 8. The number of benzene rings is 6. The lowest BCUT2D eigenvalue weighted by atomic mass is 9.92. The molecule has 0 bridgehead atoms. The molecule has 3 nitrogen and oxygen atoms in total. The third kappa shape index (κ3) is 2.95. The molecule has 0 aliphatic carbocycles. The molecule has 1 heterocycles. The highest BCUT2D eigenvalue weighted by atomic mass is 31.1. The van der Waals surface area contributed by atoms with Crippen LogP contribution in [0.5, 0.6) is 0 Å². The molecule has 7 rings (SSSR count). The summed E-state index contributed by atoms with van der Waals surface area (Å²) in [4.78, 5) is 0. The van der Waals surface area contributed by atoms with Crippen molar-refractivity contribution in [2.24, 2.45) is 0 Å². The standard InChI is InChI=1S/C30H20NO2P/c31-34-32-27-16-15-20-8-3-4-10-23(20)29(27)30-25-12-6-5-11-24(25)26(18-28(30)33-34)22-14-13-19-7-1-2-9-21(19)17-22/h1-18H,31H2. The average molecular weight is 457 g/mol. The van der Waals surface area contributed by atoms with Crippen LogP contribution in [0.2, 0.25) is 0 Å². The number of nitrogen functional groups attached to an aromatic ring is 1. The van der Waals surface area contributed by atoms with Crippen LogP contribution in [0.15, 0.2) is 118 Å². The van der Waals surface area contributed by atoms with Gasteiger partial charge in [-0.3, -0.25) is 0 Å². The topological polar surface area (TPSA) is 52.3 Å². The van der Waals surface area contributed by atoms with E-state index in [0.29, 0.717) is 0 Å². The molecule has 0 aliphatic heterocycles. The Hall–Kier alpha value is -4.04. The SMILES string of the molecule is Np1oc2ccc3ccccc3c2c2c(cc(-c3ccc4ccccc4c3)c3ccccc32)o1. The molecule has 7 aromatic rings. The maximum atomic E-state index is 6.34. The highest BCUT2D eigenvalue weighted by Crippen LogP contribution is 2.42. The van der Waals surface area contributed by atoms with E-state index in [1.54, 1.807) is 0 Å². The average Bonchev–Trinajstić information content (AvgIpc) is 3.03. The van der Waals surface area contributed by atoms with Crippen LogP contribution in [0.25, 0.3) is 65.4 Å². The number of hydrogen-bond donors (Lipinski definition) is 1. The van der Waals surface area contributed by atoms with Crippen LogP contribution < -0.4 is 5.50 Å². The second kappa shape index (κ2) is 7.50. The van der Waals surface area contributed by atoms with E-state index in [-0.39, 0.29) is 0 Å². The van der Waals surface area contributed by atoms with Gasteiger partial charge in [0, 0.05) is 10.8 Å². The molecule has 1 atom stereocenters. The van der Waals surface area contributed by atoms with Gasteiger partial charge in [0.25, 0.3) is 0 Å². The second-order valence-electron chi connectivity index (χ2n) is 8.53. The van der Waals surface area contributed by atoms with Gasteiger partial charge in [0.05, 0.1) is 0 Å². The molecule has 0 spiro atoms. The van der Waals surface area contributed by atoms with Gasteiger partial charge in [0.1, 0.15) is 11.2 Å². The first-order valence-corrected chi connectivity index (χ1v) is 12.5. The minimum Gasteiger partial charge on any atom is -0.408 e. The molecule has 0 amide bonds. The number of hydrogen-bond acceptors (Lipinski definition) is 3. The molecule has 0 radical (unpaired) electrons. The van der Waals surface area contributed by atoms with Gasteiger partial charge in [-0.25, -0.2) is 5.50 Å². The summed E-state index contributed by atoms with van der Waals surface area (Å²) in [6.45, 7) is 0. The minimum atomic E-state index is -1.61. The molecule has 162 valence electrons. The Bertz CT molecular complexity index is 1940. The van der Waals surface area contributed by atoms with Crippen molar-refractivity contribution in [3.05, 3.63) is 109 Å². The van der Waals surface area contributed by atoms with Crippen molar-refractivity contribution < 1.29 is 8.39 Å². The van der Waals surface area contributed by atoms with Crippen LogP contribution >= 0.6 is 8.16 Å². The lowest BCUT2D eigenvalue weighted by molar-refractivity contribution is 0.648. The van der Waals surface area contributed by atoms with Crippen molar-refractivity contribution in [2.45, 2.75) is 0 Å². The largest absolute Gasteiger partial charge is 0.408 e. The number of rotatable bonds is 1. The molecule has 0 saturated carbocycles. The van der Waals surface area contributed by atoms with Gasteiger partial charge in [-0.2, -0.15) is 0 Å². The number of nitrogens with two attached hydrogens (primary N) is 1. The fraction of sp³-hybridized carbons (Fsp3) is 0. The Morgan fingerprint density at radius 3 is 1.97 bits per heavy atom. The second-order valence-corrected chi connectivity index (χ2v) is 9.47. The van der Waals surface area contributed by atoms with Crippen LogP contribution in [0, 0.1) is 0 Å². The van der Waals surface area contributed by atoms with Gasteiger partial charge in [-0.15, -0.1) is 0 Å². The third-order valence-electron chi connectivity index (χ3n) is 6.59. The molecule has 0 fully saturated rings. The Kier molecular flexibility index (Phi) is 4.28. The zero-order chi connectivity index (χ0) is 22.6. The van der Waals surface area contributed by atoms with Crippen LogP contribution in [0.3, 0.4) is 0 Å². The summed E-state index contributed by atoms with van der Waals surface area (Å²) in [5, 5.41) is 9.06. The Morgan fingerprint density at radius 1 is 0.500 bits per heavy atom. The quantitative estimate of drug-likeness (QED) is 0.267. The summed E-state index contributed by atoms with van der Waals surface area (Å²) in [5.74, 6) is 0. The molecular formula is C30H20NO2P. The summed E-state index contributed by atoms with van der Waals surface area (Å²) >= 11 is 0. The zero-order valence-electron chi connectivity index (χ0n) is 18.2. The minimum absolute atomic E-state index is 0.755. The van der Waals surface area contributed by atoms with Crippen molar-refractivity contribution in [2.75, 3.05) is 5.50 Å². The first-order chi connectivity index (χ1) is 16.8. The van der Waals surface area contributed by atoms with E-state index in [2.05, 4.69) is 103 Å². The van der Waals surface area contributed by atoms with Gasteiger partial charge in [0.2, 0.25) is 0 Å². The third-order valence-corrected chi connectivity index (χ3v) is 7.34. The van der Waals surface area contributed by atoms with E-state index >= 15 is 0 Å². The zero-order valence-corrected chi connectivity index (χ0v) is 19.1. The predicted octanol–water partition coefficient (Wildman–Crippen LogP) is 9.13. The van der Waals surface area contributed by atoms with Gasteiger partial charge in [0.15, 0.2) is 0 Å². The van der Waals surface area contributed by atoms with E-state index in [4.69, 9.17) is 13.9 Å². The molecule has 0 saturated heterocycles. The lowest BCUT2D eigenvalue weighted by Gasteiger charge is -2.11. The van der Waals surface area contributed by atoms with E-state index < -0.39 is 8.16 Å². The summed E-state index contributed by atoms with van der Waals surface area (Å²) in [7, 11) is -1.61. The van der Waals surface area contributed by atoms with E-state index in [1.807, 2.05) is 6.07 Å². The van der Waals surface area contributed by atoms with E-state index in [0.717, 1.165) is 49.2 Å². The van der Waals surface area contributed by atoms with Crippen molar-refractivity contribution in [3.8, 4) is 11.1 Å². The molecule has 2 N–H and O–H groups in total. The molecule has 6 aromatic carbocycles. The predicted molar refractivity (Wildman–Crippen MR) is 144 cm³/mol. The highest BCUT2D eigenvalue weighted by molar-refractivity contribution is 7.36. The van der Waals surface area contributed by atoms with Crippen LogP contribution in [-0.4, -0.2) is 0 Å². The Labute approximate surface area is 196 Å². The van der Waals surface area contributed by atoms with Crippen LogP contribution in [0.1, 0.15) is 0 Å². The molecule has 1 unspecified atom stereocenters. The summed E-state index contributed by atoms with van der Waals surface area (Å²) < 4.78 is 12.4. The lowest BCUT2D eigenvalue weighted by Crippen LogP contribution is -1.85.